The number of carbonyl (C=O) groups excluding carboxylic acids is 3. The highest BCUT2D eigenvalue weighted by atomic mass is 32.1. The van der Waals surface area contributed by atoms with Gasteiger partial charge in [-0.15, -0.1) is 11.3 Å². The second-order valence-corrected chi connectivity index (χ2v) is 6.39. The van der Waals surface area contributed by atoms with Gasteiger partial charge in [-0.25, -0.2) is 4.98 Å². The first kappa shape index (κ1) is 15.0. The zero-order valence-electron chi connectivity index (χ0n) is 12.2. The molecule has 1 aromatic rings. The van der Waals surface area contributed by atoms with Gasteiger partial charge in [0.25, 0.3) is 0 Å². The average molecular weight is 322 g/mol. The van der Waals surface area contributed by atoms with Crippen LogP contribution >= 0.6 is 11.3 Å². The minimum Gasteiger partial charge on any atom is -0.352 e. The average Bonchev–Trinajstić information content (AvgIpc) is 3.14. The maximum absolute atomic E-state index is 12.0. The summed E-state index contributed by atoms with van der Waals surface area (Å²) in [5.74, 6) is -0.756. The molecule has 2 fully saturated rings. The third-order valence-electron chi connectivity index (χ3n) is 4.01. The van der Waals surface area contributed by atoms with E-state index < -0.39 is 0 Å². The molecule has 3 heterocycles. The molecule has 3 amide bonds. The van der Waals surface area contributed by atoms with Crippen LogP contribution in [-0.4, -0.2) is 53.3 Å². The third-order valence-corrected chi connectivity index (χ3v) is 4.84. The van der Waals surface area contributed by atoms with Crippen molar-refractivity contribution in [3.05, 3.63) is 11.6 Å². The second kappa shape index (κ2) is 6.43. The molecule has 22 heavy (non-hydrogen) atoms. The number of imide groups is 1. The van der Waals surface area contributed by atoms with E-state index >= 15 is 0 Å². The summed E-state index contributed by atoms with van der Waals surface area (Å²) < 4.78 is 0. The van der Waals surface area contributed by atoms with Crippen LogP contribution in [0.25, 0.3) is 0 Å². The molecule has 118 valence electrons. The topological polar surface area (TPSA) is 82.6 Å². The second-order valence-electron chi connectivity index (χ2n) is 5.52. The molecule has 3 rings (SSSR count). The lowest BCUT2D eigenvalue weighted by Crippen LogP contribution is -2.48. The Morgan fingerprint density at radius 3 is 2.55 bits per heavy atom. The standard InChI is InChI=1S/C14H18N4O3S/c19-11(9-18-12(20)1-2-13(18)21)16-10-3-6-17(7-4-10)14-15-5-8-22-14/h5,8,10H,1-4,6-7,9H2,(H,16,19). The van der Waals surface area contributed by atoms with Crippen LogP contribution in [-0.2, 0) is 14.4 Å². The Morgan fingerprint density at radius 2 is 1.95 bits per heavy atom. The van der Waals surface area contributed by atoms with Crippen LogP contribution in [0.1, 0.15) is 25.7 Å². The summed E-state index contributed by atoms with van der Waals surface area (Å²) in [6.45, 7) is 1.55. The van der Waals surface area contributed by atoms with E-state index in [1.54, 1.807) is 17.5 Å². The lowest BCUT2D eigenvalue weighted by Gasteiger charge is -2.32. The number of amides is 3. The molecule has 0 spiro atoms. The van der Waals surface area contributed by atoms with Crippen LogP contribution in [0.2, 0.25) is 0 Å². The number of thiazole rings is 1. The van der Waals surface area contributed by atoms with Crippen LogP contribution in [0.5, 0.6) is 0 Å². The first-order valence-electron chi connectivity index (χ1n) is 7.40. The van der Waals surface area contributed by atoms with Gasteiger partial charge in [0.05, 0.1) is 0 Å². The van der Waals surface area contributed by atoms with Gasteiger partial charge in [0.2, 0.25) is 17.7 Å². The number of hydrogen-bond acceptors (Lipinski definition) is 6. The monoisotopic (exact) mass is 322 g/mol. The molecule has 0 bridgehead atoms. The molecule has 2 saturated heterocycles. The highest BCUT2D eigenvalue weighted by Gasteiger charge is 2.31. The minimum absolute atomic E-state index is 0.0940. The predicted octanol–water partition coefficient (Wildman–Crippen LogP) is 0.377. The number of piperidine rings is 1. The summed E-state index contributed by atoms with van der Waals surface area (Å²) in [6.07, 6.45) is 3.91. The van der Waals surface area contributed by atoms with Crippen molar-refractivity contribution in [2.24, 2.45) is 0 Å². The molecule has 8 heteroatoms. The molecule has 0 saturated carbocycles. The zero-order chi connectivity index (χ0) is 15.5. The molecular weight excluding hydrogens is 304 g/mol. The fourth-order valence-corrected chi connectivity index (χ4v) is 3.50. The smallest absolute Gasteiger partial charge is 0.240 e. The Hall–Kier alpha value is -1.96. The van der Waals surface area contributed by atoms with Crippen LogP contribution in [0.3, 0.4) is 0 Å². The Labute approximate surface area is 132 Å². The molecule has 1 N–H and O–H groups in total. The van der Waals surface area contributed by atoms with E-state index in [1.165, 1.54) is 0 Å². The van der Waals surface area contributed by atoms with Gasteiger partial charge in [-0.1, -0.05) is 0 Å². The predicted molar refractivity (Wildman–Crippen MR) is 81.4 cm³/mol. The maximum Gasteiger partial charge on any atom is 0.240 e. The fourth-order valence-electron chi connectivity index (χ4n) is 2.80. The first-order valence-corrected chi connectivity index (χ1v) is 8.28. The Bertz CT molecular complexity index is 551. The fraction of sp³-hybridized carbons (Fsp3) is 0.571. The lowest BCUT2D eigenvalue weighted by atomic mass is 10.1. The van der Waals surface area contributed by atoms with E-state index in [1.807, 2.05) is 5.38 Å². The molecule has 1 aromatic heterocycles. The zero-order valence-corrected chi connectivity index (χ0v) is 13.0. The van der Waals surface area contributed by atoms with E-state index in [-0.39, 0.29) is 43.1 Å². The number of carbonyl (C=O) groups is 3. The van der Waals surface area contributed by atoms with E-state index in [2.05, 4.69) is 15.2 Å². The van der Waals surface area contributed by atoms with Gasteiger partial charge in [-0.2, -0.15) is 0 Å². The van der Waals surface area contributed by atoms with Crippen LogP contribution in [0.4, 0.5) is 5.13 Å². The molecule has 0 aromatic carbocycles. The Kier molecular flexibility index (Phi) is 4.37. The number of nitrogens with one attached hydrogen (secondary N) is 1. The summed E-state index contributed by atoms with van der Waals surface area (Å²) in [5, 5.41) is 5.89. The SMILES string of the molecule is O=C(CN1C(=O)CCC1=O)NC1CCN(c2nccs2)CC1. The van der Waals surface area contributed by atoms with Crippen molar-refractivity contribution < 1.29 is 14.4 Å². The van der Waals surface area contributed by atoms with Crippen LogP contribution < -0.4 is 10.2 Å². The molecule has 7 nitrogen and oxygen atoms in total. The number of rotatable bonds is 4. The highest BCUT2D eigenvalue weighted by Crippen LogP contribution is 2.22. The maximum atomic E-state index is 12.0. The summed E-state index contributed by atoms with van der Waals surface area (Å²) in [5.41, 5.74) is 0. The molecule has 2 aliphatic heterocycles. The molecule has 2 aliphatic rings. The van der Waals surface area contributed by atoms with Crippen molar-refractivity contribution in [1.82, 2.24) is 15.2 Å². The van der Waals surface area contributed by atoms with E-state index in [0.717, 1.165) is 36.0 Å². The summed E-state index contributed by atoms with van der Waals surface area (Å²) in [7, 11) is 0. The Morgan fingerprint density at radius 1 is 1.27 bits per heavy atom. The van der Waals surface area contributed by atoms with Gasteiger partial charge in [0, 0.05) is 43.5 Å². The van der Waals surface area contributed by atoms with Crippen molar-refractivity contribution in [1.29, 1.82) is 0 Å². The first-order chi connectivity index (χ1) is 10.6. The van der Waals surface area contributed by atoms with Gasteiger partial charge in [-0.3, -0.25) is 19.3 Å². The largest absolute Gasteiger partial charge is 0.352 e. The van der Waals surface area contributed by atoms with E-state index in [9.17, 15) is 14.4 Å². The number of aromatic nitrogens is 1. The summed E-state index contributed by atoms with van der Waals surface area (Å²) in [6, 6.07) is 0.0940. The van der Waals surface area contributed by atoms with Gasteiger partial charge in [-0.05, 0) is 12.8 Å². The van der Waals surface area contributed by atoms with Gasteiger partial charge >= 0.3 is 0 Å². The van der Waals surface area contributed by atoms with Crippen molar-refractivity contribution in [2.75, 3.05) is 24.5 Å². The highest BCUT2D eigenvalue weighted by molar-refractivity contribution is 7.13. The number of likely N-dealkylation sites (tertiary alicyclic amines) is 1. The Balaban J connectivity index is 1.45. The number of anilines is 1. The van der Waals surface area contributed by atoms with Crippen molar-refractivity contribution in [3.63, 3.8) is 0 Å². The van der Waals surface area contributed by atoms with E-state index in [0.29, 0.717) is 0 Å². The third kappa shape index (κ3) is 3.27. The van der Waals surface area contributed by atoms with Crippen LogP contribution in [0, 0.1) is 0 Å². The summed E-state index contributed by atoms with van der Waals surface area (Å²) >= 11 is 1.61. The molecule has 0 aliphatic carbocycles. The minimum atomic E-state index is -0.253. The quantitative estimate of drug-likeness (QED) is 0.810. The number of nitrogens with zero attached hydrogens (tertiary/aromatic N) is 3. The van der Waals surface area contributed by atoms with Crippen molar-refractivity contribution in [2.45, 2.75) is 31.7 Å². The lowest BCUT2D eigenvalue weighted by molar-refractivity contribution is -0.142. The van der Waals surface area contributed by atoms with E-state index in [4.69, 9.17) is 0 Å². The van der Waals surface area contributed by atoms with Gasteiger partial charge < -0.3 is 10.2 Å². The van der Waals surface area contributed by atoms with Crippen molar-refractivity contribution >= 4 is 34.2 Å². The van der Waals surface area contributed by atoms with Gasteiger partial charge in [0.15, 0.2) is 5.13 Å². The molecule has 0 unspecified atom stereocenters. The number of hydrogen-bond donors (Lipinski definition) is 1. The molecule has 0 atom stereocenters. The normalized spacial score (nSPS) is 19.8. The van der Waals surface area contributed by atoms with Crippen LogP contribution in [0.15, 0.2) is 11.6 Å². The molecule has 0 radical (unpaired) electrons. The van der Waals surface area contributed by atoms with Gasteiger partial charge in [0.1, 0.15) is 6.54 Å². The summed E-state index contributed by atoms with van der Waals surface area (Å²) in [4.78, 5) is 42.5. The molecular formula is C14H18N4O3S. The van der Waals surface area contributed by atoms with Crippen molar-refractivity contribution in [3.8, 4) is 0 Å².